The molecule has 0 fully saturated rings. The summed E-state index contributed by atoms with van der Waals surface area (Å²) in [5, 5.41) is 0. The third kappa shape index (κ3) is 2.69. The fraction of sp³-hybridized carbons (Fsp3) is 0.0588. The van der Waals surface area contributed by atoms with E-state index in [2.05, 4.69) is 15.0 Å². The average Bonchev–Trinajstić information content (AvgIpc) is 2.62. The van der Waals surface area contributed by atoms with E-state index < -0.39 is 5.97 Å². The van der Waals surface area contributed by atoms with Crippen LogP contribution in [0.2, 0.25) is 0 Å². The van der Waals surface area contributed by atoms with E-state index in [4.69, 9.17) is 4.74 Å². The van der Waals surface area contributed by atoms with Gasteiger partial charge in [0.15, 0.2) is 5.69 Å². The molecule has 5 nitrogen and oxygen atoms in total. The molecule has 0 saturated heterocycles. The topological polar surface area (TPSA) is 65.0 Å². The SMILES string of the molecule is COC(=O)c1ncc(-c2ccncc2)cc1-c1ccncc1. The third-order valence-electron chi connectivity index (χ3n) is 3.27. The average molecular weight is 291 g/mol. The normalized spacial score (nSPS) is 10.2. The Morgan fingerprint density at radius 2 is 1.50 bits per heavy atom. The van der Waals surface area contributed by atoms with Crippen molar-refractivity contribution < 1.29 is 9.53 Å². The van der Waals surface area contributed by atoms with Crippen LogP contribution >= 0.6 is 0 Å². The summed E-state index contributed by atoms with van der Waals surface area (Å²) in [6.45, 7) is 0. The lowest BCUT2D eigenvalue weighted by atomic mass is 10.0. The maximum Gasteiger partial charge on any atom is 0.357 e. The number of carbonyl (C=O) groups excluding carboxylic acids is 1. The molecule has 0 radical (unpaired) electrons. The number of pyridine rings is 3. The van der Waals surface area contributed by atoms with Crippen LogP contribution in [0.15, 0.2) is 61.3 Å². The molecule has 0 aliphatic carbocycles. The van der Waals surface area contributed by atoms with Crippen LogP contribution in [0.5, 0.6) is 0 Å². The molecule has 5 heteroatoms. The number of methoxy groups -OCH3 is 1. The van der Waals surface area contributed by atoms with Crippen LogP contribution in [0.3, 0.4) is 0 Å². The summed E-state index contributed by atoms with van der Waals surface area (Å²) in [6, 6.07) is 9.37. The van der Waals surface area contributed by atoms with E-state index in [0.717, 1.165) is 16.7 Å². The van der Waals surface area contributed by atoms with Gasteiger partial charge in [0.05, 0.1) is 7.11 Å². The lowest BCUT2D eigenvalue weighted by molar-refractivity contribution is 0.0595. The zero-order chi connectivity index (χ0) is 15.4. The summed E-state index contributed by atoms with van der Waals surface area (Å²) >= 11 is 0. The highest BCUT2D eigenvalue weighted by atomic mass is 16.5. The standard InChI is InChI=1S/C17H13N3O2/c1-22-17(21)16-15(13-4-8-19-9-5-13)10-14(11-20-16)12-2-6-18-7-3-12/h2-11H,1H3. The van der Waals surface area contributed by atoms with Crippen molar-refractivity contribution >= 4 is 5.97 Å². The van der Waals surface area contributed by atoms with Gasteiger partial charge < -0.3 is 4.74 Å². The second-order valence-electron chi connectivity index (χ2n) is 4.58. The largest absolute Gasteiger partial charge is 0.464 e. The van der Waals surface area contributed by atoms with Gasteiger partial charge in [0.25, 0.3) is 0 Å². The van der Waals surface area contributed by atoms with Crippen LogP contribution < -0.4 is 0 Å². The molecule has 3 aromatic heterocycles. The van der Waals surface area contributed by atoms with Crippen LogP contribution in [-0.2, 0) is 4.74 Å². The van der Waals surface area contributed by atoms with Gasteiger partial charge in [-0.1, -0.05) is 0 Å². The Labute approximate surface area is 127 Å². The molecular weight excluding hydrogens is 278 g/mol. The summed E-state index contributed by atoms with van der Waals surface area (Å²) in [4.78, 5) is 24.2. The number of hydrogen-bond acceptors (Lipinski definition) is 5. The van der Waals surface area contributed by atoms with Crippen molar-refractivity contribution in [2.75, 3.05) is 7.11 Å². The molecule has 0 amide bonds. The van der Waals surface area contributed by atoms with E-state index in [-0.39, 0.29) is 5.69 Å². The van der Waals surface area contributed by atoms with Gasteiger partial charge in [0.1, 0.15) is 0 Å². The Morgan fingerprint density at radius 3 is 2.09 bits per heavy atom. The van der Waals surface area contributed by atoms with Crippen molar-refractivity contribution in [1.82, 2.24) is 15.0 Å². The van der Waals surface area contributed by atoms with Gasteiger partial charge in [0, 0.05) is 42.1 Å². The first-order chi connectivity index (χ1) is 10.8. The highest BCUT2D eigenvalue weighted by molar-refractivity contribution is 5.96. The molecule has 0 aliphatic heterocycles. The first-order valence-corrected chi connectivity index (χ1v) is 6.69. The van der Waals surface area contributed by atoms with Crippen LogP contribution in [0, 0.1) is 0 Å². The van der Waals surface area contributed by atoms with Gasteiger partial charge in [-0.3, -0.25) is 9.97 Å². The maximum absolute atomic E-state index is 11.9. The van der Waals surface area contributed by atoms with E-state index in [9.17, 15) is 4.79 Å². The second-order valence-corrected chi connectivity index (χ2v) is 4.58. The predicted octanol–water partition coefficient (Wildman–Crippen LogP) is 2.99. The third-order valence-corrected chi connectivity index (χ3v) is 3.27. The number of aromatic nitrogens is 3. The van der Waals surface area contributed by atoms with Gasteiger partial charge >= 0.3 is 5.97 Å². The van der Waals surface area contributed by atoms with Gasteiger partial charge in [-0.2, -0.15) is 0 Å². The fourth-order valence-electron chi connectivity index (χ4n) is 2.18. The molecule has 0 unspecified atom stereocenters. The number of rotatable bonds is 3. The molecule has 108 valence electrons. The van der Waals surface area contributed by atoms with Crippen molar-refractivity contribution in [2.24, 2.45) is 0 Å². The number of carbonyl (C=O) groups is 1. The van der Waals surface area contributed by atoms with Crippen LogP contribution in [0.25, 0.3) is 22.3 Å². The first-order valence-electron chi connectivity index (χ1n) is 6.69. The Hall–Kier alpha value is -3.08. The Kier molecular flexibility index (Phi) is 3.87. The number of ether oxygens (including phenoxy) is 1. The molecular formula is C17H13N3O2. The molecule has 0 atom stereocenters. The van der Waals surface area contributed by atoms with Crippen LogP contribution in [0.1, 0.15) is 10.5 Å². The minimum Gasteiger partial charge on any atom is -0.464 e. The fourth-order valence-corrected chi connectivity index (χ4v) is 2.18. The summed E-state index contributed by atoms with van der Waals surface area (Å²) < 4.78 is 4.82. The predicted molar refractivity (Wildman–Crippen MR) is 82.0 cm³/mol. The van der Waals surface area contributed by atoms with Crippen molar-refractivity contribution in [3.63, 3.8) is 0 Å². The Bertz CT molecular complexity index is 790. The highest BCUT2D eigenvalue weighted by Crippen LogP contribution is 2.28. The summed E-state index contributed by atoms with van der Waals surface area (Å²) in [7, 11) is 1.34. The lowest BCUT2D eigenvalue weighted by Crippen LogP contribution is -2.06. The summed E-state index contributed by atoms with van der Waals surface area (Å²) in [5.41, 5.74) is 3.74. The van der Waals surface area contributed by atoms with Gasteiger partial charge in [-0.25, -0.2) is 9.78 Å². The molecule has 0 spiro atoms. The second kappa shape index (κ2) is 6.13. The number of nitrogens with zero attached hydrogens (tertiary/aromatic N) is 3. The molecule has 0 saturated carbocycles. The summed E-state index contributed by atoms with van der Waals surface area (Å²) in [5.74, 6) is -0.465. The quantitative estimate of drug-likeness (QED) is 0.694. The van der Waals surface area contributed by atoms with Crippen molar-refractivity contribution in [3.05, 3.63) is 67.0 Å². The molecule has 0 bridgehead atoms. The highest BCUT2D eigenvalue weighted by Gasteiger charge is 2.16. The van der Waals surface area contributed by atoms with Crippen LogP contribution in [-0.4, -0.2) is 28.0 Å². The van der Waals surface area contributed by atoms with E-state index in [1.54, 1.807) is 31.0 Å². The van der Waals surface area contributed by atoms with E-state index in [0.29, 0.717) is 5.56 Å². The molecule has 0 aromatic carbocycles. The monoisotopic (exact) mass is 291 g/mol. The molecule has 3 aromatic rings. The first kappa shape index (κ1) is 13.9. The molecule has 0 N–H and O–H groups in total. The van der Waals surface area contributed by atoms with Gasteiger partial charge in [-0.05, 0) is 41.5 Å². The summed E-state index contributed by atoms with van der Waals surface area (Å²) in [6.07, 6.45) is 8.45. The minimum atomic E-state index is -0.465. The minimum absolute atomic E-state index is 0.284. The van der Waals surface area contributed by atoms with E-state index in [1.807, 2.05) is 30.3 Å². The van der Waals surface area contributed by atoms with Crippen molar-refractivity contribution in [1.29, 1.82) is 0 Å². The smallest absolute Gasteiger partial charge is 0.357 e. The maximum atomic E-state index is 11.9. The number of esters is 1. The van der Waals surface area contributed by atoms with Crippen LogP contribution in [0.4, 0.5) is 0 Å². The van der Waals surface area contributed by atoms with Crippen molar-refractivity contribution in [3.8, 4) is 22.3 Å². The molecule has 22 heavy (non-hydrogen) atoms. The molecule has 3 rings (SSSR count). The van der Waals surface area contributed by atoms with Crippen molar-refractivity contribution in [2.45, 2.75) is 0 Å². The Morgan fingerprint density at radius 1 is 0.909 bits per heavy atom. The van der Waals surface area contributed by atoms with E-state index >= 15 is 0 Å². The van der Waals surface area contributed by atoms with E-state index in [1.165, 1.54) is 7.11 Å². The molecule has 3 heterocycles. The molecule has 0 aliphatic rings. The van der Waals surface area contributed by atoms with Gasteiger partial charge in [-0.15, -0.1) is 0 Å². The zero-order valence-electron chi connectivity index (χ0n) is 11.9. The zero-order valence-corrected chi connectivity index (χ0v) is 11.9. The Balaban J connectivity index is 2.17. The number of hydrogen-bond donors (Lipinski definition) is 0. The van der Waals surface area contributed by atoms with Gasteiger partial charge in [0.2, 0.25) is 0 Å². The lowest BCUT2D eigenvalue weighted by Gasteiger charge is -2.10.